The lowest BCUT2D eigenvalue weighted by molar-refractivity contribution is -0.178. The van der Waals surface area contributed by atoms with Crippen LogP contribution in [0.25, 0.3) is 0 Å². The van der Waals surface area contributed by atoms with Crippen LogP contribution in [0, 0.1) is 0 Å². The first-order valence-corrected chi connectivity index (χ1v) is 7.01. The van der Waals surface area contributed by atoms with Gasteiger partial charge in [-0.15, -0.1) is 0 Å². The van der Waals surface area contributed by atoms with E-state index in [2.05, 4.69) is 16.0 Å². The second kappa shape index (κ2) is 8.63. The number of carboxylic acids is 3. The van der Waals surface area contributed by atoms with Crippen molar-refractivity contribution in [1.82, 2.24) is 20.9 Å². The van der Waals surface area contributed by atoms with E-state index in [9.17, 15) is 29.7 Å². The maximum atomic E-state index is 11.4. The van der Waals surface area contributed by atoms with Crippen LogP contribution in [0.3, 0.4) is 0 Å². The number of hydrogen-bond acceptors (Lipinski definition) is 7. The van der Waals surface area contributed by atoms with Crippen LogP contribution in [0.4, 0.5) is 0 Å². The monoisotopic (exact) mass is 318 g/mol. The van der Waals surface area contributed by atoms with E-state index in [-0.39, 0.29) is 26.2 Å². The van der Waals surface area contributed by atoms with Crippen molar-refractivity contribution in [2.75, 3.05) is 52.4 Å². The summed E-state index contributed by atoms with van der Waals surface area (Å²) in [6, 6.07) is 0. The maximum Gasteiger partial charge on any atom is 0.347 e. The van der Waals surface area contributed by atoms with Gasteiger partial charge >= 0.3 is 23.4 Å². The lowest BCUT2D eigenvalue weighted by Crippen LogP contribution is -2.67. The number of carboxylic acid groups (broad SMARTS) is 3. The van der Waals surface area contributed by atoms with Gasteiger partial charge in [-0.05, 0) is 0 Å². The summed E-state index contributed by atoms with van der Waals surface area (Å²) in [5.41, 5.74) is -2.98. The van der Waals surface area contributed by atoms with E-state index in [0.29, 0.717) is 26.2 Å². The summed E-state index contributed by atoms with van der Waals surface area (Å²) >= 11 is 0. The number of nitrogens with zero attached hydrogens (tertiary/aromatic N) is 1. The van der Waals surface area contributed by atoms with Gasteiger partial charge in [0.25, 0.3) is 0 Å². The highest BCUT2D eigenvalue weighted by Crippen LogP contribution is 2.17. The lowest BCUT2D eigenvalue weighted by atomic mass is 9.97. The molecule has 1 aliphatic rings. The standard InChI is InChI=1S/C12H22N4O6/c17-9(18)12(10(19)20,11(21)22)16-7-5-14-3-1-13-2-4-15-6-8-16/h13-15H,1-8H2,(H,17,18)(H,19,20)(H,21,22). The number of carbonyl (C=O) groups is 3. The van der Waals surface area contributed by atoms with Crippen molar-refractivity contribution in [3.63, 3.8) is 0 Å². The molecule has 0 aromatic carbocycles. The van der Waals surface area contributed by atoms with Crippen LogP contribution in [0.2, 0.25) is 0 Å². The van der Waals surface area contributed by atoms with Gasteiger partial charge in [-0.25, -0.2) is 14.4 Å². The Morgan fingerprint density at radius 1 is 0.682 bits per heavy atom. The summed E-state index contributed by atoms with van der Waals surface area (Å²) < 4.78 is 0. The quantitative estimate of drug-likeness (QED) is 0.297. The van der Waals surface area contributed by atoms with Crippen LogP contribution < -0.4 is 16.0 Å². The molecule has 0 spiro atoms. The SMILES string of the molecule is O=C(O)C(C(=O)O)(C(=O)O)N1CCNCCNCCNCC1. The number of rotatable bonds is 4. The zero-order valence-corrected chi connectivity index (χ0v) is 12.2. The third kappa shape index (κ3) is 4.13. The number of hydrogen-bond donors (Lipinski definition) is 6. The average molecular weight is 318 g/mol. The Morgan fingerprint density at radius 2 is 1.00 bits per heavy atom. The van der Waals surface area contributed by atoms with Gasteiger partial charge in [-0.2, -0.15) is 0 Å². The van der Waals surface area contributed by atoms with E-state index in [1.54, 1.807) is 0 Å². The largest absolute Gasteiger partial charge is 0.479 e. The molecule has 10 nitrogen and oxygen atoms in total. The van der Waals surface area contributed by atoms with Gasteiger partial charge in [0.1, 0.15) is 0 Å². The Kier molecular flexibility index (Phi) is 7.18. The van der Waals surface area contributed by atoms with E-state index in [1.165, 1.54) is 0 Å². The van der Waals surface area contributed by atoms with Gasteiger partial charge in [0.2, 0.25) is 0 Å². The fraction of sp³-hybridized carbons (Fsp3) is 0.750. The molecule has 22 heavy (non-hydrogen) atoms. The number of aliphatic carboxylic acids is 3. The van der Waals surface area contributed by atoms with Crippen LogP contribution >= 0.6 is 0 Å². The molecule has 6 N–H and O–H groups in total. The molecule has 0 radical (unpaired) electrons. The van der Waals surface area contributed by atoms with Crippen LogP contribution in [-0.4, -0.2) is 96.0 Å². The molecule has 0 saturated carbocycles. The molecule has 0 bridgehead atoms. The minimum atomic E-state index is -2.98. The molecule has 1 aliphatic heterocycles. The van der Waals surface area contributed by atoms with Crippen molar-refractivity contribution in [3.05, 3.63) is 0 Å². The van der Waals surface area contributed by atoms with Crippen LogP contribution in [0.5, 0.6) is 0 Å². The lowest BCUT2D eigenvalue weighted by Gasteiger charge is -2.34. The molecule has 0 aromatic rings. The molecule has 1 fully saturated rings. The minimum absolute atomic E-state index is 0.00736. The molecule has 1 heterocycles. The zero-order chi connectivity index (χ0) is 16.6. The Balaban J connectivity index is 2.98. The molecule has 10 heteroatoms. The molecule has 0 atom stereocenters. The van der Waals surface area contributed by atoms with Gasteiger partial charge in [0.15, 0.2) is 0 Å². The molecule has 0 aliphatic carbocycles. The Morgan fingerprint density at radius 3 is 1.32 bits per heavy atom. The molecule has 0 amide bonds. The van der Waals surface area contributed by atoms with Crippen LogP contribution in [0.1, 0.15) is 0 Å². The summed E-state index contributed by atoms with van der Waals surface area (Å²) in [6.07, 6.45) is 0. The fourth-order valence-corrected chi connectivity index (χ4v) is 2.28. The van der Waals surface area contributed by atoms with E-state index in [4.69, 9.17) is 0 Å². The van der Waals surface area contributed by atoms with Gasteiger partial charge in [-0.1, -0.05) is 0 Å². The van der Waals surface area contributed by atoms with E-state index in [1.807, 2.05) is 0 Å². The third-order valence-electron chi connectivity index (χ3n) is 3.48. The highest BCUT2D eigenvalue weighted by atomic mass is 16.4. The van der Waals surface area contributed by atoms with Crippen LogP contribution in [-0.2, 0) is 14.4 Å². The third-order valence-corrected chi connectivity index (χ3v) is 3.48. The second-order valence-corrected chi connectivity index (χ2v) is 4.86. The summed E-state index contributed by atoms with van der Waals surface area (Å²) in [5.74, 6) is -5.70. The molecule has 126 valence electrons. The molecular formula is C12H22N4O6. The van der Waals surface area contributed by atoms with Gasteiger partial charge in [-0.3, -0.25) is 4.90 Å². The highest BCUT2D eigenvalue weighted by Gasteiger charge is 2.59. The van der Waals surface area contributed by atoms with E-state index < -0.39 is 23.4 Å². The summed E-state index contributed by atoms with van der Waals surface area (Å²) in [5, 5.41) is 37.0. The van der Waals surface area contributed by atoms with Crippen molar-refractivity contribution in [1.29, 1.82) is 0 Å². The van der Waals surface area contributed by atoms with Crippen molar-refractivity contribution in [2.45, 2.75) is 5.54 Å². The molecule has 1 rings (SSSR count). The smallest absolute Gasteiger partial charge is 0.347 e. The summed E-state index contributed by atoms with van der Waals surface area (Å²) in [6.45, 7) is 3.23. The van der Waals surface area contributed by atoms with E-state index in [0.717, 1.165) is 4.90 Å². The zero-order valence-electron chi connectivity index (χ0n) is 12.2. The molecule has 0 aromatic heterocycles. The minimum Gasteiger partial charge on any atom is -0.479 e. The van der Waals surface area contributed by atoms with Crippen LogP contribution in [0.15, 0.2) is 0 Å². The fourth-order valence-electron chi connectivity index (χ4n) is 2.28. The van der Waals surface area contributed by atoms with Crippen molar-refractivity contribution >= 4 is 17.9 Å². The number of nitrogens with one attached hydrogen (secondary N) is 3. The Bertz CT molecular complexity index is 368. The Hall–Kier alpha value is -1.75. The summed E-state index contributed by atoms with van der Waals surface area (Å²) in [7, 11) is 0. The maximum absolute atomic E-state index is 11.4. The predicted molar refractivity (Wildman–Crippen MR) is 75.8 cm³/mol. The van der Waals surface area contributed by atoms with Gasteiger partial charge in [0.05, 0.1) is 0 Å². The second-order valence-electron chi connectivity index (χ2n) is 4.86. The normalized spacial score (nSPS) is 19.6. The van der Waals surface area contributed by atoms with Crippen molar-refractivity contribution in [2.24, 2.45) is 0 Å². The van der Waals surface area contributed by atoms with E-state index >= 15 is 0 Å². The van der Waals surface area contributed by atoms with Crippen molar-refractivity contribution < 1.29 is 29.7 Å². The first-order chi connectivity index (χ1) is 10.4. The van der Waals surface area contributed by atoms with Crippen molar-refractivity contribution in [3.8, 4) is 0 Å². The van der Waals surface area contributed by atoms with Gasteiger partial charge < -0.3 is 31.3 Å². The first-order valence-electron chi connectivity index (χ1n) is 7.01. The Labute approximate surface area is 127 Å². The average Bonchev–Trinajstić information content (AvgIpc) is 2.40. The summed E-state index contributed by atoms with van der Waals surface area (Å²) in [4.78, 5) is 35.2. The van der Waals surface area contributed by atoms with Gasteiger partial charge in [0, 0.05) is 52.4 Å². The topological polar surface area (TPSA) is 151 Å². The predicted octanol–water partition coefficient (Wildman–Crippen LogP) is -2.94. The molecule has 0 unspecified atom stereocenters. The first kappa shape index (κ1) is 18.3. The molecule has 1 saturated heterocycles. The highest BCUT2D eigenvalue weighted by molar-refractivity contribution is 6.21. The molecular weight excluding hydrogens is 296 g/mol.